The fourth-order valence-electron chi connectivity index (χ4n) is 2.50. The average molecular weight is 232 g/mol. The van der Waals surface area contributed by atoms with Gasteiger partial charge in [0.1, 0.15) is 0 Å². The summed E-state index contributed by atoms with van der Waals surface area (Å²) in [6.07, 6.45) is 6.43. The quantitative estimate of drug-likeness (QED) is 0.864. The number of rotatable bonds is 3. The maximum atomic E-state index is 6.03. The van der Waals surface area contributed by atoms with E-state index in [0.29, 0.717) is 0 Å². The van der Waals surface area contributed by atoms with Crippen molar-refractivity contribution in [2.45, 2.75) is 45.1 Å². The van der Waals surface area contributed by atoms with Crippen molar-refractivity contribution < 1.29 is 0 Å². The number of benzene rings is 1. The van der Waals surface area contributed by atoms with Crippen LogP contribution in [-0.4, -0.2) is 13.1 Å². The van der Waals surface area contributed by atoms with Gasteiger partial charge in [-0.1, -0.05) is 31.9 Å². The predicted octanol–water partition coefficient (Wildman–Crippen LogP) is 3.48. The molecule has 0 bridgehead atoms. The fourth-order valence-corrected chi connectivity index (χ4v) is 2.50. The monoisotopic (exact) mass is 232 g/mol. The Morgan fingerprint density at radius 2 is 1.65 bits per heavy atom. The Balaban J connectivity index is 2.05. The molecule has 1 aliphatic rings. The van der Waals surface area contributed by atoms with E-state index in [9.17, 15) is 0 Å². The molecule has 2 rings (SSSR count). The minimum absolute atomic E-state index is 0.188. The van der Waals surface area contributed by atoms with Gasteiger partial charge in [-0.05, 0) is 37.0 Å². The zero-order valence-corrected chi connectivity index (χ0v) is 10.9. The van der Waals surface area contributed by atoms with E-state index in [2.05, 4.69) is 36.1 Å². The molecular formula is C15H24N2. The second-order valence-electron chi connectivity index (χ2n) is 5.01. The first-order valence-electron chi connectivity index (χ1n) is 6.91. The summed E-state index contributed by atoms with van der Waals surface area (Å²) in [5.41, 5.74) is 8.65. The first-order valence-corrected chi connectivity index (χ1v) is 6.91. The molecule has 0 aromatic heterocycles. The molecule has 0 saturated carbocycles. The van der Waals surface area contributed by atoms with Crippen molar-refractivity contribution in [3.05, 3.63) is 29.8 Å². The lowest BCUT2D eigenvalue weighted by atomic mass is 10.1. The summed E-state index contributed by atoms with van der Waals surface area (Å²) in [6, 6.07) is 9.03. The third-order valence-corrected chi connectivity index (χ3v) is 3.73. The van der Waals surface area contributed by atoms with Gasteiger partial charge in [0, 0.05) is 24.8 Å². The Morgan fingerprint density at radius 3 is 2.18 bits per heavy atom. The van der Waals surface area contributed by atoms with Crippen LogP contribution in [0.5, 0.6) is 0 Å². The molecule has 17 heavy (non-hydrogen) atoms. The zero-order valence-electron chi connectivity index (χ0n) is 10.9. The van der Waals surface area contributed by atoms with Gasteiger partial charge in [0.2, 0.25) is 0 Å². The van der Waals surface area contributed by atoms with Crippen molar-refractivity contribution >= 4 is 5.69 Å². The number of anilines is 1. The number of nitrogens with two attached hydrogens (primary N) is 1. The Morgan fingerprint density at radius 1 is 1.06 bits per heavy atom. The third kappa shape index (κ3) is 3.22. The first kappa shape index (κ1) is 12.4. The molecular weight excluding hydrogens is 208 g/mol. The normalized spacial score (nSPS) is 18.8. The van der Waals surface area contributed by atoms with Crippen molar-refractivity contribution in [2.75, 3.05) is 18.0 Å². The van der Waals surface area contributed by atoms with E-state index in [-0.39, 0.29) is 6.04 Å². The lowest BCUT2D eigenvalue weighted by molar-refractivity contribution is 0.698. The van der Waals surface area contributed by atoms with E-state index in [1.165, 1.54) is 50.0 Å². The van der Waals surface area contributed by atoms with E-state index in [4.69, 9.17) is 5.73 Å². The molecule has 1 atom stereocenters. The maximum Gasteiger partial charge on any atom is 0.0366 e. The van der Waals surface area contributed by atoms with E-state index in [1.54, 1.807) is 0 Å². The summed E-state index contributed by atoms with van der Waals surface area (Å²) in [7, 11) is 0. The van der Waals surface area contributed by atoms with Crippen LogP contribution >= 0.6 is 0 Å². The van der Waals surface area contributed by atoms with Gasteiger partial charge >= 0.3 is 0 Å². The van der Waals surface area contributed by atoms with Crippen LogP contribution < -0.4 is 10.6 Å². The van der Waals surface area contributed by atoms with Crippen molar-refractivity contribution in [1.29, 1.82) is 0 Å². The van der Waals surface area contributed by atoms with Crippen LogP contribution in [0.4, 0.5) is 5.69 Å². The molecule has 1 aromatic rings. The van der Waals surface area contributed by atoms with E-state index in [1.807, 2.05) is 0 Å². The van der Waals surface area contributed by atoms with Gasteiger partial charge in [0.15, 0.2) is 0 Å². The molecule has 2 nitrogen and oxygen atoms in total. The predicted molar refractivity (Wildman–Crippen MR) is 74.3 cm³/mol. The molecule has 2 heteroatoms. The van der Waals surface area contributed by atoms with Crippen LogP contribution in [0, 0.1) is 0 Å². The van der Waals surface area contributed by atoms with Gasteiger partial charge in [-0.25, -0.2) is 0 Å². The summed E-state index contributed by atoms with van der Waals surface area (Å²) in [5.74, 6) is 0. The molecule has 2 N–H and O–H groups in total. The molecule has 1 heterocycles. The van der Waals surface area contributed by atoms with Crippen molar-refractivity contribution in [2.24, 2.45) is 5.73 Å². The van der Waals surface area contributed by atoms with Crippen molar-refractivity contribution in [3.8, 4) is 0 Å². The highest BCUT2D eigenvalue weighted by Gasteiger charge is 2.10. The van der Waals surface area contributed by atoms with E-state index in [0.717, 1.165) is 6.42 Å². The molecule has 1 aromatic carbocycles. The summed E-state index contributed by atoms with van der Waals surface area (Å²) >= 11 is 0. The molecule has 1 saturated heterocycles. The molecule has 94 valence electrons. The molecule has 1 unspecified atom stereocenters. The maximum absolute atomic E-state index is 6.03. The smallest absolute Gasteiger partial charge is 0.0366 e. The standard InChI is InChI=1S/C15H24N2/c1-2-15(16)13-7-9-14(10-8-13)17-11-5-3-4-6-12-17/h7-10,15H,2-6,11-12,16H2,1H3. The highest BCUT2D eigenvalue weighted by atomic mass is 15.1. The van der Waals surface area contributed by atoms with Crippen molar-refractivity contribution in [3.63, 3.8) is 0 Å². The molecule has 0 spiro atoms. The Kier molecular flexibility index (Phi) is 4.43. The molecule has 0 aliphatic carbocycles. The van der Waals surface area contributed by atoms with Crippen molar-refractivity contribution in [1.82, 2.24) is 0 Å². The molecule has 1 fully saturated rings. The van der Waals surface area contributed by atoms with Gasteiger partial charge < -0.3 is 10.6 Å². The van der Waals surface area contributed by atoms with Gasteiger partial charge in [-0.3, -0.25) is 0 Å². The topological polar surface area (TPSA) is 29.3 Å². The van der Waals surface area contributed by atoms with Crippen LogP contribution in [0.15, 0.2) is 24.3 Å². The highest BCUT2D eigenvalue weighted by molar-refractivity contribution is 5.48. The van der Waals surface area contributed by atoms with Crippen LogP contribution in [-0.2, 0) is 0 Å². The van der Waals surface area contributed by atoms with Gasteiger partial charge in [0.05, 0.1) is 0 Å². The van der Waals surface area contributed by atoms with Crippen LogP contribution in [0.25, 0.3) is 0 Å². The number of hydrogen-bond acceptors (Lipinski definition) is 2. The van der Waals surface area contributed by atoms with Crippen LogP contribution in [0.1, 0.15) is 50.6 Å². The van der Waals surface area contributed by atoms with Gasteiger partial charge in [-0.2, -0.15) is 0 Å². The zero-order chi connectivity index (χ0) is 12.1. The summed E-state index contributed by atoms with van der Waals surface area (Å²) in [4.78, 5) is 2.51. The number of hydrogen-bond donors (Lipinski definition) is 1. The minimum atomic E-state index is 0.188. The summed E-state index contributed by atoms with van der Waals surface area (Å²) in [5, 5.41) is 0. The Bertz CT molecular complexity index is 323. The minimum Gasteiger partial charge on any atom is -0.372 e. The molecule has 0 amide bonds. The van der Waals surface area contributed by atoms with Gasteiger partial charge in [-0.15, -0.1) is 0 Å². The first-order chi connectivity index (χ1) is 8.31. The van der Waals surface area contributed by atoms with E-state index >= 15 is 0 Å². The molecule has 0 radical (unpaired) electrons. The average Bonchev–Trinajstić information content (AvgIpc) is 2.67. The summed E-state index contributed by atoms with van der Waals surface area (Å²) < 4.78 is 0. The Labute approximate surface area is 105 Å². The van der Waals surface area contributed by atoms with E-state index < -0.39 is 0 Å². The van der Waals surface area contributed by atoms with Crippen LogP contribution in [0.3, 0.4) is 0 Å². The lowest BCUT2D eigenvalue weighted by Gasteiger charge is -2.23. The number of nitrogens with zero attached hydrogens (tertiary/aromatic N) is 1. The van der Waals surface area contributed by atoms with Gasteiger partial charge in [0.25, 0.3) is 0 Å². The third-order valence-electron chi connectivity index (χ3n) is 3.73. The SMILES string of the molecule is CCC(N)c1ccc(N2CCCCCC2)cc1. The highest BCUT2D eigenvalue weighted by Crippen LogP contribution is 2.22. The second kappa shape index (κ2) is 6.06. The van der Waals surface area contributed by atoms with Crippen LogP contribution in [0.2, 0.25) is 0 Å². The lowest BCUT2D eigenvalue weighted by Crippen LogP contribution is -2.23. The largest absolute Gasteiger partial charge is 0.372 e. The second-order valence-corrected chi connectivity index (χ2v) is 5.01. The fraction of sp³-hybridized carbons (Fsp3) is 0.600. The Hall–Kier alpha value is -1.02. The molecule has 1 aliphatic heterocycles. The summed E-state index contributed by atoms with van der Waals surface area (Å²) in [6.45, 7) is 4.55.